The Labute approximate surface area is 292 Å². The highest BCUT2D eigenvalue weighted by Crippen LogP contribution is 2.34. The van der Waals surface area contributed by atoms with Gasteiger partial charge in [-0.05, 0) is 75.6 Å². The van der Waals surface area contributed by atoms with E-state index in [-0.39, 0.29) is 22.5 Å². The van der Waals surface area contributed by atoms with E-state index in [0.29, 0.717) is 0 Å². The van der Waals surface area contributed by atoms with Gasteiger partial charge in [-0.15, -0.1) is 0 Å². The van der Waals surface area contributed by atoms with Crippen LogP contribution in [-0.4, -0.2) is 52.1 Å². The van der Waals surface area contributed by atoms with Crippen molar-refractivity contribution in [3.05, 3.63) is 36.4 Å². The van der Waals surface area contributed by atoms with Gasteiger partial charge in [-0.2, -0.15) is 0 Å². The molecule has 48 heavy (non-hydrogen) atoms. The van der Waals surface area contributed by atoms with Gasteiger partial charge in [-0.25, -0.2) is 16.8 Å². The average molecular weight is 715 g/mol. The number of benzene rings is 2. The lowest BCUT2D eigenvalue weighted by molar-refractivity contribution is -0.655. The van der Waals surface area contributed by atoms with Gasteiger partial charge in [0.15, 0.2) is 0 Å². The molecule has 0 amide bonds. The van der Waals surface area contributed by atoms with Gasteiger partial charge >= 0.3 is 0 Å². The third kappa shape index (κ3) is 22.4. The fourth-order valence-corrected chi connectivity index (χ4v) is 6.54. The van der Waals surface area contributed by atoms with Gasteiger partial charge in [0.25, 0.3) is 0 Å². The molecule has 278 valence electrons. The maximum absolute atomic E-state index is 11.3. The third-order valence-electron chi connectivity index (χ3n) is 7.89. The summed E-state index contributed by atoms with van der Waals surface area (Å²) in [6.07, 6.45) is 22.5. The quantitative estimate of drug-likeness (QED) is 0.0634. The first kappa shape index (κ1) is 45.8. The van der Waals surface area contributed by atoms with Crippen LogP contribution in [0.15, 0.2) is 46.2 Å². The zero-order valence-corrected chi connectivity index (χ0v) is 31.8. The van der Waals surface area contributed by atoms with E-state index in [9.17, 15) is 25.9 Å². The minimum atomic E-state index is -4.93. The molecule has 12 heteroatoms. The van der Waals surface area contributed by atoms with Crippen LogP contribution in [0.1, 0.15) is 130 Å². The van der Waals surface area contributed by atoms with E-state index in [1.807, 2.05) is 0 Å². The zero-order chi connectivity index (χ0) is 36.3. The Bertz CT molecular complexity index is 1200. The summed E-state index contributed by atoms with van der Waals surface area (Å²) < 4.78 is 68.1. The maximum atomic E-state index is 11.3. The van der Waals surface area contributed by atoms with Crippen LogP contribution >= 0.6 is 0 Å². The molecule has 2 aromatic carbocycles. The normalized spacial score (nSPS) is 11.4. The summed E-state index contributed by atoms with van der Waals surface area (Å²) in [7, 11) is -9.87. The number of quaternary nitrogens is 2. The Morgan fingerprint density at radius 1 is 0.479 bits per heavy atom. The second kappa shape index (κ2) is 27.6. The Hall–Kier alpha value is -2.22. The van der Waals surface area contributed by atoms with E-state index in [1.165, 1.54) is 141 Å². The molecule has 0 aliphatic carbocycles. The molecule has 0 aromatic heterocycles. The van der Waals surface area contributed by atoms with Crippen molar-refractivity contribution in [3.8, 4) is 11.1 Å². The lowest BCUT2D eigenvalue weighted by Crippen LogP contribution is -2.84. The second-order valence-corrected chi connectivity index (χ2v) is 15.1. The molecule has 10 nitrogen and oxygen atoms in total. The fraction of sp³-hybridized carbons (Fsp3) is 0.667. The molecule has 0 heterocycles. The standard InChI is InChI=1S/C12H12N2O6S2.2C12H27N/c13-7-1-3-9(11(5-7)21(15,16)17)10-4-2-8(14)6-12(10)22(18,19)20;2*1-3-5-7-9-11-13-12-10-8-6-4-2/h1-6H,13-14H2,(H,15,16,17)(H,18,19,20);2*13H,3-12H2,1-2H3. The van der Waals surface area contributed by atoms with E-state index >= 15 is 0 Å². The molecule has 8 N–H and O–H groups in total. The predicted molar refractivity (Wildman–Crippen MR) is 197 cm³/mol. The summed E-state index contributed by atoms with van der Waals surface area (Å²) in [6.45, 7) is 14.5. The third-order valence-corrected chi connectivity index (χ3v) is 9.64. The van der Waals surface area contributed by atoms with Crippen molar-refractivity contribution < 1.29 is 36.6 Å². The summed E-state index contributed by atoms with van der Waals surface area (Å²) >= 11 is 0. The van der Waals surface area contributed by atoms with Crippen molar-refractivity contribution in [2.75, 3.05) is 37.6 Å². The molecule has 0 radical (unpaired) electrons. The van der Waals surface area contributed by atoms with Crippen molar-refractivity contribution >= 4 is 31.6 Å². The molecule has 0 saturated heterocycles. The number of hydrogen-bond acceptors (Lipinski definition) is 8. The van der Waals surface area contributed by atoms with Crippen LogP contribution in [0.4, 0.5) is 11.4 Å². The largest absolute Gasteiger partial charge is 0.744 e. The molecule has 0 spiro atoms. The topological polar surface area (TPSA) is 200 Å². The number of nitrogen functional groups attached to an aromatic ring is 2. The Balaban J connectivity index is 0.000000738. The van der Waals surface area contributed by atoms with Gasteiger partial charge in [0.1, 0.15) is 20.2 Å². The van der Waals surface area contributed by atoms with Crippen LogP contribution in [0, 0.1) is 0 Å². The minimum Gasteiger partial charge on any atom is -0.744 e. The lowest BCUT2D eigenvalue weighted by Gasteiger charge is -2.18. The Morgan fingerprint density at radius 2 is 0.750 bits per heavy atom. The molecule has 2 aromatic rings. The zero-order valence-electron chi connectivity index (χ0n) is 30.2. The minimum absolute atomic E-state index is 0.000139. The van der Waals surface area contributed by atoms with Gasteiger partial charge in [0.05, 0.1) is 36.0 Å². The van der Waals surface area contributed by atoms with Crippen LogP contribution in [0.25, 0.3) is 11.1 Å². The van der Waals surface area contributed by atoms with Gasteiger partial charge in [0.2, 0.25) is 0 Å². The number of anilines is 2. The van der Waals surface area contributed by atoms with Crippen molar-refractivity contribution in [2.24, 2.45) is 0 Å². The summed E-state index contributed by atoms with van der Waals surface area (Å²) in [5, 5.41) is 4.98. The molecular formula is C36H66N4O6S2. The molecule has 0 bridgehead atoms. The average Bonchev–Trinajstić information content (AvgIpc) is 3.03. The van der Waals surface area contributed by atoms with Crippen molar-refractivity contribution in [1.29, 1.82) is 0 Å². The highest BCUT2D eigenvalue weighted by molar-refractivity contribution is 7.86. The molecule has 0 aliphatic rings. The van der Waals surface area contributed by atoms with Crippen molar-refractivity contribution in [2.45, 2.75) is 140 Å². The van der Waals surface area contributed by atoms with Crippen LogP contribution in [0.5, 0.6) is 0 Å². The van der Waals surface area contributed by atoms with Gasteiger partial charge in [-0.3, -0.25) is 0 Å². The van der Waals surface area contributed by atoms with Gasteiger partial charge in [0, 0.05) is 22.5 Å². The summed E-state index contributed by atoms with van der Waals surface area (Å²) in [6, 6.07) is 6.66. The lowest BCUT2D eigenvalue weighted by atomic mass is 10.0. The van der Waals surface area contributed by atoms with E-state index in [1.54, 1.807) is 0 Å². The monoisotopic (exact) mass is 714 g/mol. The van der Waals surface area contributed by atoms with Crippen LogP contribution < -0.4 is 22.1 Å². The molecule has 0 atom stereocenters. The Kier molecular flexibility index (Phi) is 26.3. The summed E-state index contributed by atoms with van der Waals surface area (Å²) in [5.41, 5.74) is 10.4. The first-order valence-corrected chi connectivity index (χ1v) is 21.0. The van der Waals surface area contributed by atoms with E-state index < -0.39 is 30.0 Å². The molecule has 0 unspecified atom stereocenters. The van der Waals surface area contributed by atoms with Gasteiger partial charge < -0.3 is 31.2 Å². The van der Waals surface area contributed by atoms with E-state index in [2.05, 4.69) is 38.3 Å². The number of unbranched alkanes of at least 4 members (excludes halogenated alkanes) is 12. The molecule has 0 saturated carbocycles. The molecule has 0 fully saturated rings. The number of rotatable bonds is 23. The van der Waals surface area contributed by atoms with E-state index in [0.717, 1.165) is 24.3 Å². The molecular weight excluding hydrogens is 649 g/mol. The first-order valence-electron chi connectivity index (χ1n) is 18.2. The Morgan fingerprint density at radius 3 is 0.979 bits per heavy atom. The van der Waals surface area contributed by atoms with Crippen molar-refractivity contribution in [3.63, 3.8) is 0 Å². The predicted octanol–water partition coefficient (Wildman–Crippen LogP) is 5.75. The first-order chi connectivity index (χ1) is 22.8. The summed E-state index contributed by atoms with van der Waals surface area (Å²) in [4.78, 5) is -1.44. The number of nitrogens with two attached hydrogens (primary N) is 4. The fourth-order valence-electron chi connectivity index (χ4n) is 5.09. The van der Waals surface area contributed by atoms with E-state index in [4.69, 9.17) is 11.5 Å². The number of hydrogen-bond donors (Lipinski definition) is 4. The highest BCUT2D eigenvalue weighted by atomic mass is 32.2. The maximum Gasteiger partial charge on any atom is 0.125 e. The highest BCUT2D eigenvalue weighted by Gasteiger charge is 2.17. The van der Waals surface area contributed by atoms with Crippen molar-refractivity contribution in [1.82, 2.24) is 0 Å². The van der Waals surface area contributed by atoms with Crippen LogP contribution in [0.3, 0.4) is 0 Å². The second-order valence-electron chi connectivity index (χ2n) is 12.4. The van der Waals surface area contributed by atoms with Crippen LogP contribution in [-0.2, 0) is 20.2 Å². The van der Waals surface area contributed by atoms with Crippen LogP contribution in [0.2, 0.25) is 0 Å². The smallest absolute Gasteiger partial charge is 0.125 e. The SMILES string of the molecule is CCCCCC[NH2+]CCCCCC.CCCCCC[NH2+]CCCCCC.Nc1ccc(-c2ccc(N)cc2S(=O)(=O)[O-])c(S(=O)(=O)[O-])c1. The molecule has 2 rings (SSSR count). The summed E-state index contributed by atoms with van der Waals surface area (Å²) in [5.74, 6) is 0. The van der Waals surface area contributed by atoms with Gasteiger partial charge in [-0.1, -0.05) is 91.2 Å². The molecule has 0 aliphatic heterocycles.